The van der Waals surface area contributed by atoms with Gasteiger partial charge in [0.2, 0.25) is 0 Å². The van der Waals surface area contributed by atoms with Crippen LogP contribution >= 0.6 is 0 Å². The predicted octanol–water partition coefficient (Wildman–Crippen LogP) is 4.95. The first-order chi connectivity index (χ1) is 9.95. The minimum Gasteiger partial charge on any atom is -0.393 e. The van der Waals surface area contributed by atoms with Crippen LogP contribution in [0, 0.1) is 34.5 Å². The molecule has 21 heavy (non-hydrogen) atoms. The second kappa shape index (κ2) is 4.60. The van der Waals surface area contributed by atoms with E-state index in [-0.39, 0.29) is 6.10 Å². The Hall–Kier alpha value is -0.300. The van der Waals surface area contributed by atoms with Crippen molar-refractivity contribution in [3.63, 3.8) is 0 Å². The van der Waals surface area contributed by atoms with Gasteiger partial charge in [-0.1, -0.05) is 32.4 Å². The third kappa shape index (κ3) is 1.85. The van der Waals surface area contributed by atoms with E-state index < -0.39 is 0 Å². The van der Waals surface area contributed by atoms with Crippen LogP contribution in [-0.4, -0.2) is 11.2 Å². The van der Waals surface area contributed by atoms with Crippen molar-refractivity contribution in [1.82, 2.24) is 0 Å². The summed E-state index contributed by atoms with van der Waals surface area (Å²) in [6, 6.07) is 0. The number of aliphatic hydroxyl groups excluding tert-OH is 1. The van der Waals surface area contributed by atoms with Gasteiger partial charge in [0.1, 0.15) is 0 Å². The minimum absolute atomic E-state index is 0.0683. The fraction of sp³-hybridized carbons (Fsp3) is 0.900. The Morgan fingerprint density at radius 1 is 1.05 bits per heavy atom. The van der Waals surface area contributed by atoms with Crippen LogP contribution in [-0.2, 0) is 0 Å². The third-order valence-electron chi connectivity index (χ3n) is 8.55. The Balaban J connectivity index is 1.68. The Morgan fingerprint density at radius 2 is 1.86 bits per heavy atom. The van der Waals surface area contributed by atoms with Crippen LogP contribution in [0.2, 0.25) is 0 Å². The van der Waals surface area contributed by atoms with Gasteiger partial charge >= 0.3 is 0 Å². The molecule has 3 saturated carbocycles. The smallest absolute Gasteiger partial charge is 0.0577 e. The molecule has 0 amide bonds. The summed E-state index contributed by atoms with van der Waals surface area (Å²) in [5.41, 5.74) is 2.64. The lowest BCUT2D eigenvalue weighted by Crippen LogP contribution is -2.50. The van der Waals surface area contributed by atoms with E-state index in [1.807, 2.05) is 0 Å². The van der Waals surface area contributed by atoms with Crippen LogP contribution in [0.1, 0.15) is 72.1 Å². The standard InChI is InChI=1S/C20H32O/c1-13-4-7-17-16-6-5-14-12-15(21)8-10-20(14,3)18(16)9-11-19(13,17)2/h5,13,15-18,21H,4,6-12H2,1-3H3/t13-,15?,16-,17-,18-,19+,20-/m0/s1. The summed E-state index contributed by atoms with van der Waals surface area (Å²) >= 11 is 0. The van der Waals surface area contributed by atoms with Crippen LogP contribution < -0.4 is 0 Å². The van der Waals surface area contributed by atoms with Crippen molar-refractivity contribution in [2.24, 2.45) is 34.5 Å². The van der Waals surface area contributed by atoms with Gasteiger partial charge in [0.25, 0.3) is 0 Å². The van der Waals surface area contributed by atoms with Crippen molar-refractivity contribution in [1.29, 1.82) is 0 Å². The molecule has 4 aliphatic carbocycles. The lowest BCUT2D eigenvalue weighted by molar-refractivity contribution is -0.0474. The summed E-state index contributed by atoms with van der Waals surface area (Å²) in [6.45, 7) is 7.63. The molecule has 4 aliphatic rings. The van der Waals surface area contributed by atoms with Gasteiger partial charge in [-0.25, -0.2) is 0 Å². The maximum absolute atomic E-state index is 10.0. The highest BCUT2D eigenvalue weighted by atomic mass is 16.3. The molecule has 0 aliphatic heterocycles. The molecule has 1 nitrogen and oxygen atoms in total. The zero-order chi connectivity index (χ0) is 14.8. The van der Waals surface area contributed by atoms with E-state index >= 15 is 0 Å². The second-order valence-corrected chi connectivity index (χ2v) is 9.18. The molecule has 4 rings (SSSR count). The van der Waals surface area contributed by atoms with Crippen molar-refractivity contribution in [3.05, 3.63) is 11.6 Å². The van der Waals surface area contributed by atoms with Crippen molar-refractivity contribution in [3.8, 4) is 0 Å². The topological polar surface area (TPSA) is 20.2 Å². The van der Waals surface area contributed by atoms with Crippen molar-refractivity contribution in [2.45, 2.75) is 78.2 Å². The van der Waals surface area contributed by atoms with Crippen molar-refractivity contribution in [2.75, 3.05) is 0 Å². The summed E-state index contributed by atoms with van der Waals surface area (Å²) in [4.78, 5) is 0. The molecule has 0 aromatic carbocycles. The van der Waals surface area contributed by atoms with Crippen LogP contribution in [0.15, 0.2) is 11.6 Å². The average molecular weight is 288 g/mol. The molecule has 0 saturated heterocycles. The molecule has 1 N–H and O–H groups in total. The van der Waals surface area contributed by atoms with E-state index in [0.717, 1.165) is 36.5 Å². The number of aliphatic hydroxyl groups is 1. The molecule has 0 bridgehead atoms. The summed E-state index contributed by atoms with van der Waals surface area (Å²) in [6.07, 6.45) is 12.8. The van der Waals surface area contributed by atoms with Crippen molar-refractivity contribution >= 4 is 0 Å². The van der Waals surface area contributed by atoms with Crippen LogP contribution in [0.5, 0.6) is 0 Å². The molecule has 1 unspecified atom stereocenters. The molecule has 0 aromatic rings. The summed E-state index contributed by atoms with van der Waals surface area (Å²) in [5, 5.41) is 10.0. The van der Waals surface area contributed by atoms with Gasteiger partial charge in [-0.05, 0) is 85.9 Å². The number of hydrogen-bond acceptors (Lipinski definition) is 1. The molecule has 3 fully saturated rings. The van der Waals surface area contributed by atoms with E-state index in [1.54, 1.807) is 5.57 Å². The minimum atomic E-state index is -0.0683. The Bertz CT molecular complexity index is 466. The predicted molar refractivity (Wildman–Crippen MR) is 86.9 cm³/mol. The lowest BCUT2D eigenvalue weighted by Gasteiger charge is -2.58. The van der Waals surface area contributed by atoms with E-state index in [9.17, 15) is 5.11 Å². The molecule has 118 valence electrons. The fourth-order valence-corrected chi connectivity index (χ4v) is 6.90. The van der Waals surface area contributed by atoms with E-state index in [1.165, 1.54) is 38.5 Å². The molecule has 0 aromatic heterocycles. The average Bonchev–Trinajstić information content (AvgIpc) is 2.76. The molecular weight excluding hydrogens is 256 g/mol. The van der Waals surface area contributed by atoms with Crippen molar-refractivity contribution < 1.29 is 5.11 Å². The van der Waals surface area contributed by atoms with Gasteiger partial charge in [0.05, 0.1) is 6.10 Å². The number of allylic oxidation sites excluding steroid dienone is 1. The zero-order valence-corrected chi connectivity index (χ0v) is 14.1. The van der Waals surface area contributed by atoms with Gasteiger partial charge in [0, 0.05) is 0 Å². The summed E-state index contributed by atoms with van der Waals surface area (Å²) < 4.78 is 0. The largest absolute Gasteiger partial charge is 0.393 e. The maximum Gasteiger partial charge on any atom is 0.0577 e. The highest BCUT2D eigenvalue weighted by Crippen LogP contribution is 2.66. The first-order valence-electron chi connectivity index (χ1n) is 9.33. The van der Waals surface area contributed by atoms with E-state index in [2.05, 4.69) is 26.8 Å². The number of fused-ring (bicyclic) bond motifs is 5. The van der Waals surface area contributed by atoms with Gasteiger partial charge in [-0.3, -0.25) is 0 Å². The number of hydrogen-bond donors (Lipinski definition) is 1. The number of rotatable bonds is 0. The van der Waals surface area contributed by atoms with Gasteiger partial charge in [0.15, 0.2) is 0 Å². The molecular formula is C20H32O. The zero-order valence-electron chi connectivity index (χ0n) is 14.1. The Morgan fingerprint density at radius 3 is 2.67 bits per heavy atom. The molecule has 0 spiro atoms. The molecule has 1 heteroatoms. The van der Waals surface area contributed by atoms with E-state index in [4.69, 9.17) is 0 Å². The highest BCUT2D eigenvalue weighted by Gasteiger charge is 2.57. The van der Waals surface area contributed by atoms with Crippen LogP contribution in [0.3, 0.4) is 0 Å². The van der Waals surface area contributed by atoms with Gasteiger partial charge in [-0.15, -0.1) is 0 Å². The first kappa shape index (κ1) is 14.3. The van der Waals surface area contributed by atoms with Crippen LogP contribution in [0.4, 0.5) is 0 Å². The second-order valence-electron chi connectivity index (χ2n) is 9.18. The molecule has 0 radical (unpaired) electrons. The fourth-order valence-electron chi connectivity index (χ4n) is 6.90. The molecule has 7 atom stereocenters. The van der Waals surface area contributed by atoms with Gasteiger partial charge in [-0.2, -0.15) is 0 Å². The normalized spacial score (nSPS) is 56.2. The SMILES string of the molecule is C[C@H]1CC[C@H]2[C@@H]3CC=C4CC(O)CC[C@]4(C)[C@H]3CC[C@]12C. The quantitative estimate of drug-likeness (QED) is 0.626. The highest BCUT2D eigenvalue weighted by molar-refractivity contribution is 5.25. The Labute approximate surface area is 130 Å². The van der Waals surface area contributed by atoms with Crippen LogP contribution in [0.25, 0.3) is 0 Å². The maximum atomic E-state index is 10.0. The monoisotopic (exact) mass is 288 g/mol. The summed E-state index contributed by atoms with van der Waals surface area (Å²) in [5.74, 6) is 3.72. The molecule has 0 heterocycles. The lowest BCUT2D eigenvalue weighted by atomic mass is 9.47. The summed E-state index contributed by atoms with van der Waals surface area (Å²) in [7, 11) is 0. The first-order valence-corrected chi connectivity index (χ1v) is 9.33. The van der Waals surface area contributed by atoms with E-state index in [0.29, 0.717) is 10.8 Å². The third-order valence-corrected chi connectivity index (χ3v) is 8.55. The van der Waals surface area contributed by atoms with Gasteiger partial charge < -0.3 is 5.11 Å². The Kier molecular flexibility index (Phi) is 3.13.